The minimum atomic E-state index is -0.172. The average Bonchev–Trinajstić information content (AvgIpc) is 2.67. The molecule has 1 aliphatic rings. The summed E-state index contributed by atoms with van der Waals surface area (Å²) < 4.78 is 5.25. The number of aliphatic hydroxyl groups excluding tert-OH is 1. The minimum Gasteiger partial charge on any atom is -0.393 e. The summed E-state index contributed by atoms with van der Waals surface area (Å²) >= 11 is 0. The summed E-state index contributed by atoms with van der Waals surface area (Å²) in [4.78, 5) is 0. The lowest BCUT2D eigenvalue weighted by Gasteiger charge is -2.17. The molecule has 0 saturated carbocycles. The largest absolute Gasteiger partial charge is 0.393 e. The van der Waals surface area contributed by atoms with Crippen LogP contribution in [-0.4, -0.2) is 23.4 Å². The topological polar surface area (TPSA) is 32.8 Å². The molecule has 0 amide bonds. The highest BCUT2D eigenvalue weighted by molar-refractivity contribution is 4.89. The summed E-state index contributed by atoms with van der Waals surface area (Å²) in [6.45, 7) is 7.30. The van der Waals surface area contributed by atoms with Crippen LogP contribution in [0.1, 0.15) is 46.5 Å². The molecular formula is C11H22O2. The molecule has 0 aliphatic carbocycles. The second-order valence-electron chi connectivity index (χ2n) is 4.73. The van der Waals surface area contributed by atoms with Crippen LogP contribution in [0.25, 0.3) is 0 Å². The van der Waals surface area contributed by atoms with E-state index in [0.717, 1.165) is 19.4 Å². The van der Waals surface area contributed by atoms with E-state index in [1.807, 2.05) is 0 Å². The van der Waals surface area contributed by atoms with Crippen LogP contribution in [0.5, 0.6) is 0 Å². The van der Waals surface area contributed by atoms with Crippen LogP contribution in [-0.2, 0) is 4.74 Å². The molecule has 0 aromatic carbocycles. The first-order chi connectivity index (χ1) is 6.06. The Hall–Kier alpha value is -0.0800. The van der Waals surface area contributed by atoms with Gasteiger partial charge in [0.15, 0.2) is 0 Å². The van der Waals surface area contributed by atoms with Crippen molar-refractivity contribution < 1.29 is 9.84 Å². The standard InChI is InChI=1S/C11H22O2/c1-4-5-9(2)6-10(12)7-11(3)8-13-11/h9-10,12H,4-8H2,1-3H3. The fourth-order valence-electron chi connectivity index (χ4n) is 1.90. The number of epoxide rings is 1. The third-order valence-corrected chi connectivity index (χ3v) is 2.76. The normalized spacial score (nSPS) is 31.4. The lowest BCUT2D eigenvalue weighted by molar-refractivity contribution is 0.105. The van der Waals surface area contributed by atoms with Crippen molar-refractivity contribution in [2.75, 3.05) is 6.61 Å². The van der Waals surface area contributed by atoms with Gasteiger partial charge in [-0.1, -0.05) is 26.7 Å². The van der Waals surface area contributed by atoms with Gasteiger partial charge in [0.2, 0.25) is 0 Å². The SMILES string of the molecule is CCCC(C)CC(O)CC1(C)CO1. The molecule has 1 heterocycles. The Morgan fingerprint density at radius 3 is 2.62 bits per heavy atom. The molecule has 13 heavy (non-hydrogen) atoms. The van der Waals surface area contributed by atoms with Crippen molar-refractivity contribution in [1.29, 1.82) is 0 Å². The molecule has 3 unspecified atom stereocenters. The Bertz CT molecular complexity index is 152. The molecule has 1 fully saturated rings. The molecule has 1 aliphatic heterocycles. The molecule has 1 N–H and O–H groups in total. The molecule has 3 atom stereocenters. The summed E-state index contributed by atoms with van der Waals surface area (Å²) in [7, 11) is 0. The molecule has 0 radical (unpaired) electrons. The highest BCUT2D eigenvalue weighted by atomic mass is 16.6. The average molecular weight is 186 g/mol. The van der Waals surface area contributed by atoms with Gasteiger partial charge in [0, 0.05) is 6.42 Å². The van der Waals surface area contributed by atoms with Crippen LogP contribution in [0.3, 0.4) is 0 Å². The van der Waals surface area contributed by atoms with E-state index >= 15 is 0 Å². The molecule has 78 valence electrons. The van der Waals surface area contributed by atoms with Gasteiger partial charge < -0.3 is 9.84 Å². The van der Waals surface area contributed by atoms with Crippen LogP contribution in [0, 0.1) is 5.92 Å². The van der Waals surface area contributed by atoms with Crippen molar-refractivity contribution in [2.45, 2.75) is 58.2 Å². The molecule has 0 aromatic rings. The summed E-state index contributed by atoms with van der Waals surface area (Å²) in [6.07, 6.45) is 3.98. The summed E-state index contributed by atoms with van der Waals surface area (Å²) in [6, 6.07) is 0. The second kappa shape index (κ2) is 4.43. The van der Waals surface area contributed by atoms with Gasteiger partial charge in [-0.05, 0) is 19.3 Å². The zero-order chi connectivity index (χ0) is 9.90. The van der Waals surface area contributed by atoms with E-state index in [2.05, 4.69) is 20.8 Å². The monoisotopic (exact) mass is 186 g/mol. The highest BCUT2D eigenvalue weighted by Crippen LogP contribution is 2.32. The highest BCUT2D eigenvalue weighted by Gasteiger charge is 2.40. The minimum absolute atomic E-state index is 0.00531. The van der Waals surface area contributed by atoms with Gasteiger partial charge in [-0.2, -0.15) is 0 Å². The molecule has 2 heteroatoms. The number of ether oxygens (including phenoxy) is 1. The van der Waals surface area contributed by atoms with E-state index in [4.69, 9.17) is 4.74 Å². The zero-order valence-corrected chi connectivity index (χ0v) is 9.05. The van der Waals surface area contributed by atoms with Gasteiger partial charge in [0.05, 0.1) is 18.3 Å². The summed E-state index contributed by atoms with van der Waals surface area (Å²) in [5.74, 6) is 0.641. The second-order valence-corrected chi connectivity index (χ2v) is 4.73. The number of hydrogen-bond acceptors (Lipinski definition) is 2. The Balaban J connectivity index is 2.12. The lowest BCUT2D eigenvalue weighted by Crippen LogP contribution is -2.19. The van der Waals surface area contributed by atoms with Gasteiger partial charge >= 0.3 is 0 Å². The van der Waals surface area contributed by atoms with Gasteiger partial charge in [-0.25, -0.2) is 0 Å². The first-order valence-electron chi connectivity index (χ1n) is 5.38. The quantitative estimate of drug-likeness (QED) is 0.646. The Morgan fingerprint density at radius 2 is 2.15 bits per heavy atom. The third-order valence-electron chi connectivity index (χ3n) is 2.76. The molecule has 1 rings (SSSR count). The number of rotatable bonds is 6. The van der Waals surface area contributed by atoms with Crippen molar-refractivity contribution in [3.05, 3.63) is 0 Å². The Labute approximate surface area is 81.3 Å². The van der Waals surface area contributed by atoms with E-state index in [1.165, 1.54) is 12.8 Å². The van der Waals surface area contributed by atoms with E-state index in [-0.39, 0.29) is 11.7 Å². The summed E-state index contributed by atoms with van der Waals surface area (Å²) in [5.41, 5.74) is 0.00531. The van der Waals surface area contributed by atoms with E-state index in [1.54, 1.807) is 0 Å². The number of aliphatic hydroxyl groups is 1. The van der Waals surface area contributed by atoms with Gasteiger partial charge in [0.25, 0.3) is 0 Å². The van der Waals surface area contributed by atoms with Crippen LogP contribution in [0.2, 0.25) is 0 Å². The third kappa shape index (κ3) is 4.10. The first kappa shape index (κ1) is 11.0. The van der Waals surface area contributed by atoms with Crippen molar-refractivity contribution in [3.63, 3.8) is 0 Å². The predicted molar refractivity (Wildman–Crippen MR) is 53.7 cm³/mol. The molecule has 0 spiro atoms. The molecule has 0 bridgehead atoms. The Morgan fingerprint density at radius 1 is 1.54 bits per heavy atom. The summed E-state index contributed by atoms with van der Waals surface area (Å²) in [5, 5.41) is 9.74. The molecule has 1 saturated heterocycles. The lowest BCUT2D eigenvalue weighted by atomic mass is 9.94. The Kier molecular flexibility index (Phi) is 3.74. The van der Waals surface area contributed by atoms with Crippen molar-refractivity contribution in [1.82, 2.24) is 0 Å². The molecular weight excluding hydrogens is 164 g/mol. The fraction of sp³-hybridized carbons (Fsp3) is 1.00. The van der Waals surface area contributed by atoms with E-state index in [0.29, 0.717) is 5.92 Å². The van der Waals surface area contributed by atoms with Crippen LogP contribution >= 0.6 is 0 Å². The zero-order valence-electron chi connectivity index (χ0n) is 9.05. The predicted octanol–water partition coefficient (Wildman–Crippen LogP) is 2.35. The van der Waals surface area contributed by atoms with E-state index < -0.39 is 0 Å². The van der Waals surface area contributed by atoms with Crippen LogP contribution < -0.4 is 0 Å². The first-order valence-corrected chi connectivity index (χ1v) is 5.38. The van der Waals surface area contributed by atoms with Crippen LogP contribution in [0.4, 0.5) is 0 Å². The van der Waals surface area contributed by atoms with E-state index in [9.17, 15) is 5.11 Å². The number of hydrogen-bond donors (Lipinski definition) is 1. The van der Waals surface area contributed by atoms with Crippen molar-refractivity contribution in [3.8, 4) is 0 Å². The fourth-order valence-corrected chi connectivity index (χ4v) is 1.90. The smallest absolute Gasteiger partial charge is 0.0913 e. The van der Waals surface area contributed by atoms with Gasteiger partial charge in [0.1, 0.15) is 0 Å². The van der Waals surface area contributed by atoms with Gasteiger partial charge in [-0.15, -0.1) is 0 Å². The molecule has 2 nitrogen and oxygen atoms in total. The molecule has 0 aromatic heterocycles. The van der Waals surface area contributed by atoms with Crippen molar-refractivity contribution >= 4 is 0 Å². The maximum Gasteiger partial charge on any atom is 0.0913 e. The van der Waals surface area contributed by atoms with Crippen LogP contribution in [0.15, 0.2) is 0 Å². The van der Waals surface area contributed by atoms with Gasteiger partial charge in [-0.3, -0.25) is 0 Å². The maximum atomic E-state index is 9.74. The van der Waals surface area contributed by atoms with Crippen molar-refractivity contribution in [2.24, 2.45) is 5.92 Å². The maximum absolute atomic E-state index is 9.74.